The summed E-state index contributed by atoms with van der Waals surface area (Å²) in [5.41, 5.74) is 3.22. The van der Waals surface area contributed by atoms with E-state index in [1.807, 2.05) is 16.8 Å². The average molecular weight is 313 g/mol. The van der Waals surface area contributed by atoms with Gasteiger partial charge in [0.05, 0.1) is 24.5 Å². The van der Waals surface area contributed by atoms with Gasteiger partial charge in [-0.1, -0.05) is 0 Å². The minimum absolute atomic E-state index is 0.104. The number of nitriles is 1. The SMILES string of the molecule is Cc1nc(C(=O)N2CCOCC2)cc(-c2ccsc2)c1C#N. The van der Waals surface area contributed by atoms with E-state index in [4.69, 9.17) is 4.74 Å². The predicted octanol–water partition coefficient (Wildman–Crippen LogP) is 2.46. The first-order valence-electron chi connectivity index (χ1n) is 7.02. The van der Waals surface area contributed by atoms with Crippen LogP contribution in [0.2, 0.25) is 0 Å². The number of morpholine rings is 1. The summed E-state index contributed by atoms with van der Waals surface area (Å²) in [7, 11) is 0. The maximum Gasteiger partial charge on any atom is 0.272 e. The van der Waals surface area contributed by atoms with Crippen molar-refractivity contribution in [1.82, 2.24) is 9.88 Å². The molecule has 1 saturated heterocycles. The fourth-order valence-corrected chi connectivity index (χ4v) is 3.15. The fraction of sp³-hybridized carbons (Fsp3) is 0.312. The van der Waals surface area contributed by atoms with Crippen molar-refractivity contribution in [3.63, 3.8) is 0 Å². The molecule has 3 rings (SSSR count). The van der Waals surface area contributed by atoms with Gasteiger partial charge >= 0.3 is 0 Å². The molecule has 0 aliphatic carbocycles. The van der Waals surface area contributed by atoms with E-state index in [0.717, 1.165) is 11.1 Å². The van der Waals surface area contributed by atoms with Crippen LogP contribution in [0.15, 0.2) is 22.9 Å². The molecular formula is C16H15N3O2S. The van der Waals surface area contributed by atoms with Crippen LogP contribution in [0, 0.1) is 18.3 Å². The quantitative estimate of drug-likeness (QED) is 0.854. The number of ether oxygens (including phenoxy) is 1. The Kier molecular flexibility index (Phi) is 4.18. The molecule has 0 saturated carbocycles. The Balaban J connectivity index is 2.03. The molecule has 0 bridgehead atoms. The van der Waals surface area contributed by atoms with Gasteiger partial charge in [0.25, 0.3) is 5.91 Å². The summed E-state index contributed by atoms with van der Waals surface area (Å²) < 4.78 is 5.27. The van der Waals surface area contributed by atoms with Crippen LogP contribution >= 0.6 is 11.3 Å². The molecule has 0 spiro atoms. The van der Waals surface area contributed by atoms with E-state index in [9.17, 15) is 10.1 Å². The molecule has 1 amide bonds. The Morgan fingerprint density at radius 2 is 2.23 bits per heavy atom. The number of thiophene rings is 1. The van der Waals surface area contributed by atoms with E-state index in [0.29, 0.717) is 43.3 Å². The molecule has 0 radical (unpaired) electrons. The van der Waals surface area contributed by atoms with Crippen molar-refractivity contribution >= 4 is 17.2 Å². The zero-order valence-electron chi connectivity index (χ0n) is 12.2. The molecule has 112 valence electrons. The second-order valence-electron chi connectivity index (χ2n) is 5.04. The van der Waals surface area contributed by atoms with E-state index in [1.54, 1.807) is 29.2 Å². The highest BCUT2D eigenvalue weighted by Crippen LogP contribution is 2.28. The molecule has 2 aromatic rings. The number of rotatable bonds is 2. The lowest BCUT2D eigenvalue weighted by Gasteiger charge is -2.26. The Hall–Kier alpha value is -2.23. The van der Waals surface area contributed by atoms with Gasteiger partial charge in [-0.15, -0.1) is 0 Å². The smallest absolute Gasteiger partial charge is 0.272 e. The minimum atomic E-state index is -0.104. The highest BCUT2D eigenvalue weighted by atomic mass is 32.1. The Morgan fingerprint density at radius 3 is 2.86 bits per heavy atom. The second-order valence-corrected chi connectivity index (χ2v) is 5.82. The zero-order chi connectivity index (χ0) is 15.5. The largest absolute Gasteiger partial charge is 0.378 e. The van der Waals surface area contributed by atoms with Gasteiger partial charge in [0.2, 0.25) is 0 Å². The number of carbonyl (C=O) groups is 1. The van der Waals surface area contributed by atoms with Gasteiger partial charge < -0.3 is 9.64 Å². The number of carbonyl (C=O) groups excluding carboxylic acids is 1. The zero-order valence-corrected chi connectivity index (χ0v) is 13.0. The number of hydrogen-bond acceptors (Lipinski definition) is 5. The van der Waals surface area contributed by atoms with Crippen molar-refractivity contribution < 1.29 is 9.53 Å². The van der Waals surface area contributed by atoms with Crippen LogP contribution in [0.3, 0.4) is 0 Å². The molecule has 0 N–H and O–H groups in total. The molecule has 5 nitrogen and oxygen atoms in total. The van der Waals surface area contributed by atoms with Gasteiger partial charge in [0, 0.05) is 18.7 Å². The lowest BCUT2D eigenvalue weighted by Crippen LogP contribution is -2.41. The van der Waals surface area contributed by atoms with Gasteiger partial charge in [-0.2, -0.15) is 16.6 Å². The minimum Gasteiger partial charge on any atom is -0.378 e. The maximum atomic E-state index is 12.6. The van der Waals surface area contributed by atoms with Crippen molar-refractivity contribution in [3.05, 3.63) is 39.8 Å². The monoisotopic (exact) mass is 313 g/mol. The molecule has 6 heteroatoms. The normalized spacial score (nSPS) is 14.6. The molecule has 1 aliphatic rings. The second kappa shape index (κ2) is 6.26. The number of amides is 1. The van der Waals surface area contributed by atoms with E-state index in [-0.39, 0.29) is 5.91 Å². The van der Waals surface area contributed by atoms with Gasteiger partial charge in [-0.05, 0) is 35.4 Å². The van der Waals surface area contributed by atoms with E-state index in [1.165, 1.54) is 0 Å². The lowest BCUT2D eigenvalue weighted by molar-refractivity contribution is 0.0299. The van der Waals surface area contributed by atoms with E-state index >= 15 is 0 Å². The number of hydrogen-bond donors (Lipinski definition) is 0. The summed E-state index contributed by atoms with van der Waals surface area (Å²) in [4.78, 5) is 18.7. The van der Waals surface area contributed by atoms with Crippen LogP contribution in [-0.4, -0.2) is 42.1 Å². The first-order valence-corrected chi connectivity index (χ1v) is 7.96. The first-order chi connectivity index (χ1) is 10.7. The average Bonchev–Trinajstić information content (AvgIpc) is 3.08. The predicted molar refractivity (Wildman–Crippen MR) is 83.7 cm³/mol. The number of pyridine rings is 1. The number of aryl methyl sites for hydroxylation is 1. The molecule has 22 heavy (non-hydrogen) atoms. The summed E-state index contributed by atoms with van der Waals surface area (Å²) in [6, 6.07) is 5.87. The van der Waals surface area contributed by atoms with Gasteiger partial charge in [-0.3, -0.25) is 4.79 Å². The summed E-state index contributed by atoms with van der Waals surface area (Å²) in [5.74, 6) is -0.104. The van der Waals surface area contributed by atoms with Crippen molar-refractivity contribution in [2.45, 2.75) is 6.92 Å². The molecule has 1 aliphatic heterocycles. The number of aromatic nitrogens is 1. The molecule has 0 aromatic carbocycles. The third kappa shape index (κ3) is 2.73. The van der Waals surface area contributed by atoms with Crippen LogP contribution in [0.5, 0.6) is 0 Å². The molecule has 1 fully saturated rings. The third-order valence-electron chi connectivity index (χ3n) is 3.66. The summed E-state index contributed by atoms with van der Waals surface area (Å²) in [6.07, 6.45) is 0. The number of nitrogens with zero attached hydrogens (tertiary/aromatic N) is 3. The van der Waals surface area contributed by atoms with Crippen LogP contribution in [0.4, 0.5) is 0 Å². The highest BCUT2D eigenvalue weighted by Gasteiger charge is 2.22. The van der Waals surface area contributed by atoms with Gasteiger partial charge in [0.1, 0.15) is 11.8 Å². The highest BCUT2D eigenvalue weighted by molar-refractivity contribution is 7.08. The standard InChI is InChI=1S/C16H15N3O2S/c1-11-14(9-17)13(12-2-7-22-10-12)8-15(18-11)16(20)19-3-5-21-6-4-19/h2,7-8,10H,3-6H2,1H3. The van der Waals surface area contributed by atoms with Gasteiger partial charge in [-0.25, -0.2) is 4.98 Å². The fourth-order valence-electron chi connectivity index (χ4n) is 2.50. The van der Waals surface area contributed by atoms with Crippen molar-refractivity contribution in [2.24, 2.45) is 0 Å². The lowest BCUT2D eigenvalue weighted by atomic mass is 10.0. The third-order valence-corrected chi connectivity index (χ3v) is 4.34. The van der Waals surface area contributed by atoms with Crippen molar-refractivity contribution in [3.8, 4) is 17.2 Å². The molecular weight excluding hydrogens is 298 g/mol. The molecule has 3 heterocycles. The first kappa shape index (κ1) is 14.7. The van der Waals surface area contributed by atoms with E-state index in [2.05, 4.69) is 11.1 Å². The topological polar surface area (TPSA) is 66.2 Å². The summed E-state index contributed by atoms with van der Waals surface area (Å²) in [6.45, 7) is 4.03. The Bertz CT molecular complexity index is 729. The summed E-state index contributed by atoms with van der Waals surface area (Å²) in [5, 5.41) is 13.3. The van der Waals surface area contributed by atoms with Crippen molar-refractivity contribution in [2.75, 3.05) is 26.3 Å². The van der Waals surface area contributed by atoms with E-state index < -0.39 is 0 Å². The molecule has 0 unspecified atom stereocenters. The van der Waals surface area contributed by atoms with Crippen LogP contribution in [-0.2, 0) is 4.74 Å². The van der Waals surface area contributed by atoms with Crippen LogP contribution < -0.4 is 0 Å². The summed E-state index contributed by atoms with van der Waals surface area (Å²) >= 11 is 1.56. The molecule has 0 atom stereocenters. The Morgan fingerprint density at radius 1 is 1.45 bits per heavy atom. The maximum absolute atomic E-state index is 12.6. The van der Waals surface area contributed by atoms with Crippen LogP contribution in [0.1, 0.15) is 21.7 Å². The Labute approximate surface area is 132 Å². The van der Waals surface area contributed by atoms with Crippen molar-refractivity contribution in [1.29, 1.82) is 5.26 Å². The van der Waals surface area contributed by atoms with Crippen LogP contribution in [0.25, 0.3) is 11.1 Å². The van der Waals surface area contributed by atoms with Gasteiger partial charge in [0.15, 0.2) is 0 Å². The molecule has 2 aromatic heterocycles.